The molecule has 0 unspecified atom stereocenters. The van der Waals surface area contributed by atoms with Crippen molar-refractivity contribution in [3.05, 3.63) is 160 Å². The zero-order chi connectivity index (χ0) is 28.1. The van der Waals surface area contributed by atoms with Crippen molar-refractivity contribution in [2.24, 2.45) is 9.98 Å². The molecule has 5 aromatic carbocycles. The van der Waals surface area contributed by atoms with Gasteiger partial charge in [-0.15, -0.1) is 0 Å². The van der Waals surface area contributed by atoms with Crippen LogP contribution in [0.1, 0.15) is 33.7 Å². The van der Waals surface area contributed by atoms with E-state index in [1.807, 2.05) is 97.4 Å². The normalized spacial score (nSPS) is 12.3. The van der Waals surface area contributed by atoms with Crippen LogP contribution in [-0.4, -0.2) is 12.4 Å². The van der Waals surface area contributed by atoms with Crippen molar-refractivity contribution in [1.29, 1.82) is 0 Å². The summed E-state index contributed by atoms with van der Waals surface area (Å²) in [5, 5.41) is 1.16. The van der Waals surface area contributed by atoms with Gasteiger partial charge in [0, 0.05) is 31.8 Å². The van der Waals surface area contributed by atoms with E-state index in [0.29, 0.717) is 21.4 Å². The van der Waals surface area contributed by atoms with Crippen LogP contribution in [0.4, 0.5) is 11.4 Å². The smallest absolute Gasteiger partial charge is 0.0816 e. The zero-order valence-electron chi connectivity index (χ0n) is 20.9. The minimum absolute atomic E-state index is 0.0860. The van der Waals surface area contributed by atoms with Gasteiger partial charge in [0.05, 0.1) is 21.4 Å². The van der Waals surface area contributed by atoms with Crippen LogP contribution in [0.5, 0.6) is 0 Å². The number of rotatable bonds is 7. The summed E-state index contributed by atoms with van der Waals surface area (Å²) in [6.07, 6.45) is 3.62. The highest BCUT2D eigenvalue weighted by Crippen LogP contribution is 2.39. The molecule has 0 aromatic heterocycles. The van der Waals surface area contributed by atoms with Crippen LogP contribution in [0.2, 0.25) is 10.0 Å². The zero-order valence-corrected chi connectivity index (χ0v) is 27.2. The molecule has 5 rings (SSSR count). The molecule has 0 aliphatic heterocycles. The van der Waals surface area contributed by atoms with Gasteiger partial charge < -0.3 is 0 Å². The Morgan fingerprint density at radius 1 is 0.475 bits per heavy atom. The average Bonchev–Trinajstić information content (AvgIpc) is 2.95. The first-order chi connectivity index (χ1) is 19.4. The largest absolute Gasteiger partial charge is 0.255 e. The average molecular weight is 756 g/mol. The lowest BCUT2D eigenvalue weighted by Gasteiger charge is -2.20. The van der Waals surface area contributed by atoms with Crippen molar-refractivity contribution in [2.45, 2.75) is 5.92 Å². The number of hydrogen-bond acceptors (Lipinski definition) is 2. The molecule has 0 aliphatic rings. The number of nitrogens with zero attached hydrogens (tertiary/aromatic N) is 2. The van der Waals surface area contributed by atoms with Crippen LogP contribution in [0, 0.1) is 0 Å². The molecule has 0 spiro atoms. The molecule has 0 amide bonds. The second-order valence-corrected chi connectivity index (χ2v) is 12.6. The first kappa shape index (κ1) is 29.0. The minimum Gasteiger partial charge on any atom is -0.255 e. The van der Waals surface area contributed by atoms with Crippen LogP contribution in [-0.2, 0) is 0 Å². The number of benzene rings is 5. The van der Waals surface area contributed by atoms with Gasteiger partial charge in [-0.2, -0.15) is 0 Å². The highest BCUT2D eigenvalue weighted by atomic mass is 79.9. The van der Waals surface area contributed by atoms with Crippen molar-refractivity contribution in [2.75, 3.05) is 0 Å². The standard InChI is InChI=1S/C33H21Br3Cl2N2/c34-26-9-1-21(2-10-26)19-39-31-15-7-24(17-29(31)37)33(23-5-13-28(36)14-6-23)25-8-16-32(30(38)18-25)40-20-22-3-11-27(35)12-4-22/h1-20,33H. The van der Waals surface area contributed by atoms with E-state index in [4.69, 9.17) is 23.2 Å². The van der Waals surface area contributed by atoms with Gasteiger partial charge in [-0.25, -0.2) is 0 Å². The van der Waals surface area contributed by atoms with E-state index in [1.165, 1.54) is 0 Å². The molecular formula is C33H21Br3Cl2N2. The quantitative estimate of drug-likeness (QED) is 0.117. The summed E-state index contributed by atoms with van der Waals surface area (Å²) in [7, 11) is 0. The lowest BCUT2D eigenvalue weighted by molar-refractivity contribution is 0.977. The van der Waals surface area contributed by atoms with E-state index >= 15 is 0 Å². The highest BCUT2D eigenvalue weighted by Gasteiger charge is 2.19. The van der Waals surface area contributed by atoms with Crippen molar-refractivity contribution in [1.82, 2.24) is 0 Å². The second-order valence-electron chi connectivity index (χ2n) is 9.03. The Labute approximate surface area is 269 Å². The van der Waals surface area contributed by atoms with Gasteiger partial charge in [0.15, 0.2) is 0 Å². The maximum Gasteiger partial charge on any atom is 0.0816 e. The molecule has 2 nitrogen and oxygen atoms in total. The Bertz CT molecular complexity index is 1580. The number of aliphatic imine (C=N–C) groups is 2. The summed E-state index contributed by atoms with van der Waals surface area (Å²) in [6, 6.07) is 36.2. The predicted molar refractivity (Wildman–Crippen MR) is 181 cm³/mol. The Morgan fingerprint density at radius 3 is 1.20 bits per heavy atom. The number of hydrogen-bond donors (Lipinski definition) is 0. The Kier molecular flexibility index (Phi) is 9.72. The lowest BCUT2D eigenvalue weighted by Crippen LogP contribution is -2.03. The molecular weight excluding hydrogens is 735 g/mol. The molecule has 40 heavy (non-hydrogen) atoms. The molecule has 0 N–H and O–H groups in total. The lowest BCUT2D eigenvalue weighted by atomic mass is 9.85. The summed E-state index contributed by atoms with van der Waals surface area (Å²) in [5.74, 6) is -0.0860. The van der Waals surface area contributed by atoms with Gasteiger partial charge in [-0.1, -0.05) is 120 Å². The van der Waals surface area contributed by atoms with Crippen LogP contribution >= 0.6 is 71.0 Å². The summed E-state index contributed by atoms with van der Waals surface area (Å²) < 4.78 is 3.06. The monoisotopic (exact) mass is 752 g/mol. The first-order valence-electron chi connectivity index (χ1n) is 12.3. The highest BCUT2D eigenvalue weighted by molar-refractivity contribution is 9.11. The van der Waals surface area contributed by atoms with Gasteiger partial charge in [-0.05, 0) is 88.5 Å². The molecule has 198 valence electrons. The SMILES string of the molecule is Clc1cc(C(c2ccc(Br)cc2)c2ccc(N=Cc3ccc(Br)cc3)c(Cl)c2)ccc1N=Cc1ccc(Br)cc1. The van der Waals surface area contributed by atoms with Crippen LogP contribution < -0.4 is 0 Å². The molecule has 0 saturated carbocycles. The van der Waals surface area contributed by atoms with Crippen molar-refractivity contribution in [3.8, 4) is 0 Å². The van der Waals surface area contributed by atoms with Gasteiger partial charge >= 0.3 is 0 Å². The molecule has 0 bridgehead atoms. The fourth-order valence-electron chi connectivity index (χ4n) is 4.23. The van der Waals surface area contributed by atoms with E-state index < -0.39 is 0 Å². The predicted octanol–water partition coefficient (Wildman–Crippen LogP) is 12.0. The maximum absolute atomic E-state index is 6.75. The van der Waals surface area contributed by atoms with Crippen molar-refractivity contribution in [3.63, 3.8) is 0 Å². The fourth-order valence-corrected chi connectivity index (χ4v) is 5.50. The van der Waals surface area contributed by atoms with Gasteiger partial charge in [-0.3, -0.25) is 9.98 Å². The van der Waals surface area contributed by atoms with E-state index in [9.17, 15) is 0 Å². The van der Waals surface area contributed by atoms with E-state index in [2.05, 4.69) is 82.0 Å². The minimum atomic E-state index is -0.0860. The maximum atomic E-state index is 6.75. The van der Waals surface area contributed by atoms with Crippen LogP contribution in [0.15, 0.2) is 133 Å². The molecule has 0 heterocycles. The Morgan fingerprint density at radius 2 is 0.825 bits per heavy atom. The summed E-state index contributed by atoms with van der Waals surface area (Å²) in [6.45, 7) is 0. The third-order valence-corrected chi connectivity index (χ3v) is 8.45. The van der Waals surface area contributed by atoms with E-state index in [1.54, 1.807) is 0 Å². The topological polar surface area (TPSA) is 24.7 Å². The van der Waals surface area contributed by atoms with Gasteiger partial charge in [0.1, 0.15) is 0 Å². The van der Waals surface area contributed by atoms with Crippen molar-refractivity contribution >= 4 is 94.8 Å². The molecule has 0 fully saturated rings. The first-order valence-corrected chi connectivity index (χ1v) is 15.4. The van der Waals surface area contributed by atoms with Gasteiger partial charge in [0.2, 0.25) is 0 Å². The molecule has 0 aliphatic carbocycles. The van der Waals surface area contributed by atoms with Crippen LogP contribution in [0.3, 0.4) is 0 Å². The summed E-state index contributed by atoms with van der Waals surface area (Å²) in [4.78, 5) is 9.24. The van der Waals surface area contributed by atoms with Gasteiger partial charge in [0.25, 0.3) is 0 Å². The number of halogens is 5. The molecule has 5 aromatic rings. The summed E-state index contributed by atoms with van der Waals surface area (Å²) in [5.41, 5.74) is 6.60. The van der Waals surface area contributed by atoms with Crippen LogP contribution in [0.25, 0.3) is 0 Å². The molecule has 0 radical (unpaired) electrons. The Balaban J connectivity index is 1.47. The molecule has 0 atom stereocenters. The van der Waals surface area contributed by atoms with Crippen molar-refractivity contribution < 1.29 is 0 Å². The molecule has 7 heteroatoms. The second kappa shape index (κ2) is 13.4. The Hall–Kier alpha value is -2.54. The molecule has 0 saturated heterocycles. The third-order valence-electron chi connectivity index (χ3n) is 6.26. The third kappa shape index (κ3) is 7.39. The summed E-state index contributed by atoms with van der Waals surface area (Å²) >= 11 is 24.0. The van der Waals surface area contributed by atoms with E-state index in [0.717, 1.165) is 41.2 Å². The fraction of sp³-hybridized carbons (Fsp3) is 0.0303. The van der Waals surface area contributed by atoms with E-state index in [-0.39, 0.29) is 5.92 Å².